The van der Waals surface area contributed by atoms with E-state index in [2.05, 4.69) is 31.9 Å². The van der Waals surface area contributed by atoms with Crippen LogP contribution in [0.15, 0.2) is 69.6 Å². The molecular formula is C25H12Br2N2O4. The summed E-state index contributed by atoms with van der Waals surface area (Å²) in [6.45, 7) is -0.465. The predicted molar refractivity (Wildman–Crippen MR) is 129 cm³/mol. The molecular weight excluding hydrogens is 552 g/mol. The largest absolute Gasteiger partial charge is 0.269 e. The number of imide groups is 2. The molecule has 6 rings (SSSR count). The van der Waals surface area contributed by atoms with Crippen molar-refractivity contribution in [2.75, 3.05) is 6.67 Å². The minimum absolute atomic E-state index is 0.353. The lowest BCUT2D eigenvalue weighted by Crippen LogP contribution is -2.51. The molecule has 0 aromatic heterocycles. The smallest absolute Gasteiger partial charge is 0.262 e. The fourth-order valence-corrected chi connectivity index (χ4v) is 5.54. The molecule has 2 heterocycles. The first-order chi connectivity index (χ1) is 15.9. The van der Waals surface area contributed by atoms with Gasteiger partial charge < -0.3 is 0 Å². The Hall–Kier alpha value is -3.36. The molecule has 0 fully saturated rings. The van der Waals surface area contributed by atoms with Gasteiger partial charge in [0.25, 0.3) is 23.6 Å². The molecule has 0 spiro atoms. The Balaban J connectivity index is 1.45. The van der Waals surface area contributed by atoms with E-state index in [0.717, 1.165) is 29.5 Å². The van der Waals surface area contributed by atoms with Crippen molar-refractivity contribution in [3.05, 3.63) is 91.9 Å². The van der Waals surface area contributed by atoms with Gasteiger partial charge in [0, 0.05) is 42.0 Å². The molecule has 0 saturated carbocycles. The van der Waals surface area contributed by atoms with Crippen LogP contribution in [-0.2, 0) is 0 Å². The number of carbonyl (C=O) groups is 4. The van der Waals surface area contributed by atoms with Crippen molar-refractivity contribution >= 4 is 77.0 Å². The number of carbonyl (C=O) groups excluding carboxylic acids is 4. The zero-order valence-corrected chi connectivity index (χ0v) is 19.9. The Morgan fingerprint density at radius 3 is 1.27 bits per heavy atom. The van der Waals surface area contributed by atoms with Crippen molar-refractivity contribution in [3.63, 3.8) is 0 Å². The Kier molecular flexibility index (Phi) is 4.34. The molecule has 0 unspecified atom stereocenters. The molecule has 0 radical (unpaired) electrons. The highest BCUT2D eigenvalue weighted by Crippen LogP contribution is 2.37. The Morgan fingerprint density at radius 1 is 0.515 bits per heavy atom. The molecule has 4 amide bonds. The second-order valence-electron chi connectivity index (χ2n) is 7.86. The lowest BCUT2D eigenvalue weighted by Gasteiger charge is -2.33. The van der Waals surface area contributed by atoms with E-state index in [-0.39, 0.29) is 0 Å². The molecule has 0 aliphatic carbocycles. The molecule has 0 saturated heterocycles. The first-order valence-corrected chi connectivity index (χ1v) is 11.6. The number of hydrogen-bond acceptors (Lipinski definition) is 4. The average Bonchev–Trinajstić information content (AvgIpc) is 2.82. The van der Waals surface area contributed by atoms with Gasteiger partial charge in [0.15, 0.2) is 0 Å². The maximum atomic E-state index is 13.3. The van der Waals surface area contributed by atoms with E-state index in [1.165, 1.54) is 0 Å². The Labute approximate surface area is 204 Å². The molecule has 4 aromatic rings. The topological polar surface area (TPSA) is 74.8 Å². The van der Waals surface area contributed by atoms with Crippen molar-refractivity contribution in [2.24, 2.45) is 0 Å². The number of rotatable bonds is 2. The van der Waals surface area contributed by atoms with Gasteiger partial charge in [-0.15, -0.1) is 0 Å². The number of benzene rings is 4. The third kappa shape index (κ3) is 2.71. The first-order valence-electron chi connectivity index (χ1n) is 10.0. The summed E-state index contributed by atoms with van der Waals surface area (Å²) >= 11 is 6.93. The molecule has 0 atom stereocenters. The van der Waals surface area contributed by atoms with E-state index in [1.54, 1.807) is 48.5 Å². The number of nitrogens with zero attached hydrogens (tertiary/aromatic N) is 2. The van der Waals surface area contributed by atoms with Gasteiger partial charge in [0.05, 0.1) is 0 Å². The van der Waals surface area contributed by atoms with E-state index in [0.29, 0.717) is 33.0 Å². The van der Waals surface area contributed by atoms with Crippen molar-refractivity contribution in [1.82, 2.24) is 9.80 Å². The van der Waals surface area contributed by atoms with E-state index in [4.69, 9.17) is 0 Å². The number of hydrogen-bond donors (Lipinski definition) is 0. The summed E-state index contributed by atoms with van der Waals surface area (Å²) < 4.78 is 1.55. The molecule has 160 valence electrons. The van der Waals surface area contributed by atoms with Gasteiger partial charge in [-0.25, -0.2) is 0 Å². The molecule has 0 N–H and O–H groups in total. The normalized spacial score (nSPS) is 15.2. The van der Waals surface area contributed by atoms with E-state index < -0.39 is 30.3 Å². The van der Waals surface area contributed by atoms with Gasteiger partial charge >= 0.3 is 0 Å². The summed E-state index contributed by atoms with van der Waals surface area (Å²) in [7, 11) is 0. The van der Waals surface area contributed by atoms with Gasteiger partial charge in [-0.05, 0) is 47.2 Å². The average molecular weight is 564 g/mol. The lowest BCUT2D eigenvalue weighted by molar-refractivity contribution is 0.0420. The van der Waals surface area contributed by atoms with Gasteiger partial charge in [-0.3, -0.25) is 29.0 Å². The minimum Gasteiger partial charge on any atom is -0.269 e. The SMILES string of the molecule is O=C1c2cccc3c(Br)ccc(c23)C(=O)N1CN1C(=O)c2cccc3c(Br)ccc(c23)C1=O. The second-order valence-corrected chi connectivity index (χ2v) is 9.57. The van der Waals surface area contributed by atoms with Crippen LogP contribution in [0.2, 0.25) is 0 Å². The van der Waals surface area contributed by atoms with Crippen LogP contribution in [-0.4, -0.2) is 40.1 Å². The highest BCUT2D eigenvalue weighted by atomic mass is 79.9. The third-order valence-electron chi connectivity index (χ3n) is 6.16. The molecule has 4 aromatic carbocycles. The standard InChI is InChI=1S/C25H12Br2N2O4/c26-18-9-7-16-20-12(18)3-1-5-14(20)22(30)28(24(16)32)11-29-23(31)15-6-2-4-13-19(27)10-8-17(21(13)15)25(29)33/h1-10H,11H2. The van der Waals surface area contributed by atoms with Gasteiger partial charge in [0.1, 0.15) is 6.67 Å². The number of halogens is 2. The lowest BCUT2D eigenvalue weighted by atomic mass is 9.93. The fraction of sp³-hybridized carbons (Fsp3) is 0.0400. The molecule has 8 heteroatoms. The maximum absolute atomic E-state index is 13.3. The number of amides is 4. The second kappa shape index (κ2) is 7.07. The Bertz CT molecular complexity index is 1450. The molecule has 33 heavy (non-hydrogen) atoms. The fourth-order valence-electron chi connectivity index (χ4n) is 4.62. The quantitative estimate of drug-likeness (QED) is 0.307. The Morgan fingerprint density at radius 2 is 0.879 bits per heavy atom. The van der Waals surface area contributed by atoms with Crippen LogP contribution in [0.4, 0.5) is 0 Å². The summed E-state index contributed by atoms with van der Waals surface area (Å²) in [5.74, 6) is -2.18. The predicted octanol–water partition coefficient (Wildman–Crippen LogP) is 5.37. The zero-order chi connectivity index (χ0) is 23.0. The van der Waals surface area contributed by atoms with Crippen LogP contribution in [0.25, 0.3) is 21.5 Å². The maximum Gasteiger partial charge on any atom is 0.262 e. The highest BCUT2D eigenvalue weighted by molar-refractivity contribution is 9.11. The van der Waals surface area contributed by atoms with Gasteiger partial charge in [-0.2, -0.15) is 0 Å². The van der Waals surface area contributed by atoms with Crippen molar-refractivity contribution in [2.45, 2.75) is 0 Å². The van der Waals surface area contributed by atoms with Gasteiger partial charge in [-0.1, -0.05) is 56.1 Å². The van der Waals surface area contributed by atoms with Crippen molar-refractivity contribution in [3.8, 4) is 0 Å². The molecule has 2 aliphatic heterocycles. The summed E-state index contributed by atoms with van der Waals surface area (Å²) in [5.41, 5.74) is 1.41. The van der Waals surface area contributed by atoms with Gasteiger partial charge in [0.2, 0.25) is 0 Å². The minimum atomic E-state index is -0.545. The third-order valence-corrected chi connectivity index (χ3v) is 7.54. The summed E-state index contributed by atoms with van der Waals surface area (Å²) in [6, 6.07) is 17.2. The summed E-state index contributed by atoms with van der Waals surface area (Å²) in [4.78, 5) is 55.2. The molecule has 6 nitrogen and oxygen atoms in total. The monoisotopic (exact) mass is 562 g/mol. The van der Waals surface area contributed by atoms with Crippen LogP contribution < -0.4 is 0 Å². The van der Waals surface area contributed by atoms with Crippen LogP contribution in [0.5, 0.6) is 0 Å². The summed E-state index contributed by atoms with van der Waals surface area (Å²) in [6.07, 6.45) is 0. The first kappa shape index (κ1) is 20.3. The van der Waals surface area contributed by atoms with Crippen LogP contribution in [0.3, 0.4) is 0 Å². The van der Waals surface area contributed by atoms with Crippen LogP contribution in [0, 0.1) is 0 Å². The molecule has 0 bridgehead atoms. The summed E-state index contributed by atoms with van der Waals surface area (Å²) in [5, 5.41) is 2.63. The molecule has 2 aliphatic rings. The van der Waals surface area contributed by atoms with Crippen molar-refractivity contribution < 1.29 is 19.2 Å². The van der Waals surface area contributed by atoms with Crippen LogP contribution >= 0.6 is 31.9 Å². The van der Waals surface area contributed by atoms with E-state index >= 15 is 0 Å². The van der Waals surface area contributed by atoms with Crippen molar-refractivity contribution in [1.29, 1.82) is 0 Å². The van der Waals surface area contributed by atoms with E-state index in [1.807, 2.05) is 12.1 Å². The zero-order valence-electron chi connectivity index (χ0n) is 16.8. The highest BCUT2D eigenvalue weighted by Gasteiger charge is 2.39. The van der Waals surface area contributed by atoms with E-state index in [9.17, 15) is 19.2 Å². The van der Waals surface area contributed by atoms with Crippen LogP contribution in [0.1, 0.15) is 41.4 Å².